The third kappa shape index (κ3) is 3.24. The van der Waals surface area contributed by atoms with Gasteiger partial charge in [-0.2, -0.15) is 0 Å². The number of non-ortho nitro benzene ring substituents is 1. The fourth-order valence-corrected chi connectivity index (χ4v) is 2.40. The van der Waals surface area contributed by atoms with Crippen molar-refractivity contribution in [3.8, 4) is 0 Å². The Morgan fingerprint density at radius 2 is 1.86 bits per heavy atom. The molecule has 1 fully saturated rings. The number of amides is 1. The number of hydrogen-bond acceptors (Lipinski definition) is 5. The molecule has 0 unspecified atom stereocenters. The Morgan fingerprint density at radius 1 is 1.27 bits per heavy atom. The van der Waals surface area contributed by atoms with Crippen LogP contribution in [-0.4, -0.2) is 40.9 Å². The van der Waals surface area contributed by atoms with Gasteiger partial charge in [-0.05, 0) is 32.8 Å². The third-order valence-electron chi connectivity index (χ3n) is 3.53. The van der Waals surface area contributed by atoms with Gasteiger partial charge in [0.05, 0.1) is 17.6 Å². The molecule has 1 aromatic carbocycles. The molecular formula is C15H18N2O5. The molecule has 1 aliphatic rings. The summed E-state index contributed by atoms with van der Waals surface area (Å²) in [5, 5.41) is 11.0. The quantitative estimate of drug-likeness (QED) is 0.473. The van der Waals surface area contributed by atoms with Gasteiger partial charge >= 0.3 is 5.97 Å². The maximum Gasteiger partial charge on any atom is 0.338 e. The highest BCUT2D eigenvalue weighted by Crippen LogP contribution is 2.31. The number of esters is 1. The lowest BCUT2D eigenvalue weighted by Gasteiger charge is -2.26. The second-order valence-corrected chi connectivity index (χ2v) is 5.55. The monoisotopic (exact) mass is 306 g/mol. The Morgan fingerprint density at radius 3 is 2.32 bits per heavy atom. The highest BCUT2D eigenvalue weighted by molar-refractivity contribution is 5.99. The van der Waals surface area contributed by atoms with Gasteiger partial charge in [0.1, 0.15) is 0 Å². The van der Waals surface area contributed by atoms with Gasteiger partial charge in [0.25, 0.3) is 11.6 Å². The molecule has 0 spiro atoms. The summed E-state index contributed by atoms with van der Waals surface area (Å²) in [5.41, 5.74) is -0.166. The van der Waals surface area contributed by atoms with Crippen molar-refractivity contribution in [3.63, 3.8) is 0 Å². The molecule has 0 aromatic heterocycles. The summed E-state index contributed by atoms with van der Waals surface area (Å²) in [4.78, 5) is 36.4. The predicted molar refractivity (Wildman–Crippen MR) is 78.8 cm³/mol. The van der Waals surface area contributed by atoms with E-state index in [4.69, 9.17) is 0 Å². The van der Waals surface area contributed by atoms with E-state index < -0.39 is 10.9 Å². The van der Waals surface area contributed by atoms with E-state index in [9.17, 15) is 19.7 Å². The smallest absolute Gasteiger partial charge is 0.338 e. The summed E-state index contributed by atoms with van der Waals surface area (Å²) in [6.45, 7) is 3.80. The van der Waals surface area contributed by atoms with Gasteiger partial charge in [0.2, 0.25) is 0 Å². The van der Waals surface area contributed by atoms with E-state index in [0.717, 1.165) is 18.9 Å². The first-order valence-corrected chi connectivity index (χ1v) is 7.05. The van der Waals surface area contributed by atoms with Gasteiger partial charge in [0, 0.05) is 29.8 Å². The predicted octanol–water partition coefficient (Wildman–Crippen LogP) is 2.39. The van der Waals surface area contributed by atoms with Crippen molar-refractivity contribution in [2.45, 2.75) is 38.8 Å². The maximum absolute atomic E-state index is 12.7. The van der Waals surface area contributed by atoms with Crippen LogP contribution < -0.4 is 0 Å². The standard InChI is InChI=1S/C15H18N2O5/c1-9(2)16(12-4-5-12)14(18)10-6-11(15(19)22-3)8-13(7-10)17(20)21/h6-9,12H,4-5H2,1-3H3. The molecule has 22 heavy (non-hydrogen) atoms. The van der Waals surface area contributed by atoms with Crippen LogP contribution in [0, 0.1) is 10.1 Å². The third-order valence-corrected chi connectivity index (χ3v) is 3.53. The zero-order chi connectivity index (χ0) is 16.4. The number of methoxy groups -OCH3 is 1. The molecule has 0 bridgehead atoms. The zero-order valence-corrected chi connectivity index (χ0v) is 12.7. The zero-order valence-electron chi connectivity index (χ0n) is 12.7. The molecule has 7 nitrogen and oxygen atoms in total. The number of nitro benzene ring substituents is 1. The highest BCUT2D eigenvalue weighted by Gasteiger charge is 2.35. The van der Waals surface area contributed by atoms with Gasteiger partial charge in [-0.1, -0.05) is 0 Å². The molecular weight excluding hydrogens is 288 g/mol. The topological polar surface area (TPSA) is 89.8 Å². The summed E-state index contributed by atoms with van der Waals surface area (Å²) < 4.78 is 4.59. The second-order valence-electron chi connectivity index (χ2n) is 5.55. The molecule has 7 heteroatoms. The van der Waals surface area contributed by atoms with E-state index in [1.807, 2.05) is 13.8 Å². The minimum atomic E-state index is -0.708. The first-order chi connectivity index (χ1) is 10.3. The minimum absolute atomic E-state index is 0.000414. The lowest BCUT2D eigenvalue weighted by atomic mass is 10.1. The van der Waals surface area contributed by atoms with Crippen molar-refractivity contribution in [1.82, 2.24) is 4.90 Å². The fraction of sp³-hybridized carbons (Fsp3) is 0.467. The fourth-order valence-electron chi connectivity index (χ4n) is 2.40. The van der Waals surface area contributed by atoms with Gasteiger partial charge < -0.3 is 9.64 Å². The van der Waals surface area contributed by atoms with Crippen molar-refractivity contribution in [1.29, 1.82) is 0 Å². The average molecular weight is 306 g/mol. The molecule has 1 saturated carbocycles. The average Bonchev–Trinajstić information content (AvgIpc) is 3.30. The van der Waals surface area contributed by atoms with Gasteiger partial charge in [0.15, 0.2) is 0 Å². The van der Waals surface area contributed by atoms with E-state index in [2.05, 4.69) is 4.74 Å². The number of nitro groups is 1. The van der Waals surface area contributed by atoms with Crippen LogP contribution in [0.2, 0.25) is 0 Å². The van der Waals surface area contributed by atoms with Crippen LogP contribution in [0.1, 0.15) is 47.4 Å². The van der Waals surface area contributed by atoms with E-state index >= 15 is 0 Å². The molecule has 0 heterocycles. The SMILES string of the molecule is COC(=O)c1cc(C(=O)N(C(C)C)C2CC2)cc([N+](=O)[O-])c1. The molecule has 0 saturated heterocycles. The number of hydrogen-bond donors (Lipinski definition) is 0. The van der Waals surface area contributed by atoms with Gasteiger partial charge in [-0.3, -0.25) is 14.9 Å². The van der Waals surface area contributed by atoms with E-state index in [0.29, 0.717) is 0 Å². The first-order valence-electron chi connectivity index (χ1n) is 7.05. The molecule has 1 aromatic rings. The van der Waals surface area contributed by atoms with E-state index in [-0.39, 0.29) is 34.8 Å². The minimum Gasteiger partial charge on any atom is -0.465 e. The molecule has 0 aliphatic heterocycles. The van der Waals surface area contributed by atoms with Crippen molar-refractivity contribution in [2.75, 3.05) is 7.11 Å². The van der Waals surface area contributed by atoms with Crippen LogP contribution in [-0.2, 0) is 4.74 Å². The molecule has 0 atom stereocenters. The first kappa shape index (κ1) is 15.9. The highest BCUT2D eigenvalue weighted by atomic mass is 16.6. The van der Waals surface area contributed by atoms with E-state index in [1.54, 1.807) is 4.90 Å². The Labute approximate surface area is 128 Å². The molecule has 0 radical (unpaired) electrons. The van der Waals surface area contributed by atoms with Crippen LogP contribution >= 0.6 is 0 Å². The number of carbonyl (C=O) groups is 2. The van der Waals surface area contributed by atoms with Gasteiger partial charge in [-0.25, -0.2) is 4.79 Å². The summed E-state index contributed by atoms with van der Waals surface area (Å²) in [7, 11) is 1.19. The molecule has 2 rings (SSSR count). The van der Waals surface area contributed by atoms with Crippen molar-refractivity contribution in [3.05, 3.63) is 39.4 Å². The van der Waals surface area contributed by atoms with Crippen molar-refractivity contribution >= 4 is 17.6 Å². The number of rotatable bonds is 5. The maximum atomic E-state index is 12.7. The largest absolute Gasteiger partial charge is 0.465 e. The summed E-state index contributed by atoms with van der Waals surface area (Å²) in [5.74, 6) is -1.01. The normalized spacial score (nSPS) is 13.8. The van der Waals surface area contributed by atoms with Crippen LogP contribution in [0.4, 0.5) is 5.69 Å². The molecule has 1 aliphatic carbocycles. The lowest BCUT2D eigenvalue weighted by Crippen LogP contribution is -2.38. The lowest BCUT2D eigenvalue weighted by molar-refractivity contribution is -0.384. The summed E-state index contributed by atoms with van der Waals surface area (Å²) in [6.07, 6.45) is 1.87. The summed E-state index contributed by atoms with van der Waals surface area (Å²) in [6, 6.07) is 3.82. The number of benzene rings is 1. The van der Waals surface area contributed by atoms with Crippen LogP contribution in [0.25, 0.3) is 0 Å². The van der Waals surface area contributed by atoms with Crippen molar-refractivity contribution in [2.24, 2.45) is 0 Å². The number of carbonyl (C=O) groups excluding carboxylic acids is 2. The Balaban J connectivity index is 2.44. The van der Waals surface area contributed by atoms with Crippen LogP contribution in [0.3, 0.4) is 0 Å². The molecule has 1 amide bonds. The Bertz CT molecular complexity index is 620. The number of ether oxygens (including phenoxy) is 1. The van der Waals surface area contributed by atoms with Crippen LogP contribution in [0.15, 0.2) is 18.2 Å². The molecule has 118 valence electrons. The van der Waals surface area contributed by atoms with Gasteiger partial charge in [-0.15, -0.1) is 0 Å². The molecule has 0 N–H and O–H groups in total. The summed E-state index contributed by atoms with van der Waals surface area (Å²) >= 11 is 0. The second kappa shape index (κ2) is 6.13. The Hall–Kier alpha value is -2.44. The van der Waals surface area contributed by atoms with E-state index in [1.165, 1.54) is 19.2 Å². The Kier molecular flexibility index (Phi) is 4.44. The number of nitrogens with zero attached hydrogens (tertiary/aromatic N) is 2. The van der Waals surface area contributed by atoms with Crippen molar-refractivity contribution < 1.29 is 19.2 Å². The van der Waals surface area contributed by atoms with Crippen LogP contribution in [0.5, 0.6) is 0 Å².